The molecule has 3 N–H and O–H groups in total. The third kappa shape index (κ3) is 4.46. The van der Waals surface area contributed by atoms with E-state index in [1.165, 1.54) is 0 Å². The molecular weight excluding hydrogens is 340 g/mol. The molecule has 3 aromatic rings. The molecule has 0 aliphatic heterocycles. The number of nitrogens with zero attached hydrogens (tertiary/aromatic N) is 1. The highest BCUT2D eigenvalue weighted by atomic mass is 32.1. The van der Waals surface area contributed by atoms with E-state index < -0.39 is 6.10 Å². The lowest BCUT2D eigenvalue weighted by molar-refractivity contribution is 0.104. The number of ether oxygens (including phenoxy) is 1. The van der Waals surface area contributed by atoms with Gasteiger partial charge in [0.05, 0.1) is 10.6 Å². The van der Waals surface area contributed by atoms with Crippen LogP contribution >= 0.6 is 11.3 Å². The summed E-state index contributed by atoms with van der Waals surface area (Å²) in [5.41, 5.74) is 2.55. The summed E-state index contributed by atoms with van der Waals surface area (Å²) >= 11 is 0.994. The number of H-pyrrole nitrogens is 1. The fourth-order valence-corrected chi connectivity index (χ4v) is 3.06. The van der Waals surface area contributed by atoms with Crippen molar-refractivity contribution in [2.45, 2.75) is 19.4 Å². The zero-order chi connectivity index (χ0) is 17.8. The number of aromatic amines is 1. The first-order chi connectivity index (χ1) is 12.0. The number of aromatic nitrogens is 2. The van der Waals surface area contributed by atoms with Crippen molar-refractivity contribution in [1.82, 2.24) is 9.97 Å². The number of thiazole rings is 1. The van der Waals surface area contributed by atoms with E-state index in [1.54, 1.807) is 24.4 Å². The van der Waals surface area contributed by atoms with Crippen LogP contribution in [0.15, 0.2) is 47.4 Å². The van der Waals surface area contributed by atoms with Crippen molar-refractivity contribution in [2.75, 3.05) is 6.61 Å². The lowest BCUT2D eigenvalue weighted by Gasteiger charge is -2.12. The minimum absolute atomic E-state index is 0.0796. The van der Waals surface area contributed by atoms with Crippen LogP contribution in [0.1, 0.15) is 27.8 Å². The number of aliphatic hydroxyl groups is 1. The number of aromatic hydroxyl groups is 1. The van der Waals surface area contributed by atoms with E-state index in [0.717, 1.165) is 22.5 Å². The van der Waals surface area contributed by atoms with Crippen LogP contribution in [-0.2, 0) is 6.42 Å². The van der Waals surface area contributed by atoms with E-state index in [4.69, 9.17) is 4.74 Å². The Balaban J connectivity index is 1.58. The Morgan fingerprint density at radius 3 is 2.60 bits per heavy atom. The van der Waals surface area contributed by atoms with Crippen LogP contribution in [0.25, 0.3) is 0 Å². The van der Waals surface area contributed by atoms with Crippen molar-refractivity contribution in [3.05, 3.63) is 74.0 Å². The van der Waals surface area contributed by atoms with Crippen molar-refractivity contribution >= 4 is 11.3 Å². The summed E-state index contributed by atoms with van der Waals surface area (Å²) in [4.78, 5) is 18.1. The van der Waals surface area contributed by atoms with Gasteiger partial charge in [-0.1, -0.05) is 29.5 Å². The molecule has 2 aromatic heterocycles. The minimum Gasteiger partial charge on any atom is -0.494 e. The molecule has 0 fully saturated rings. The Kier molecular flexibility index (Phi) is 5.16. The number of hydrogen-bond donors (Lipinski definition) is 3. The molecule has 0 spiro atoms. The summed E-state index contributed by atoms with van der Waals surface area (Å²) < 4.78 is 5.59. The van der Waals surface area contributed by atoms with Crippen LogP contribution in [0.3, 0.4) is 0 Å². The van der Waals surface area contributed by atoms with Gasteiger partial charge in [-0.05, 0) is 36.2 Å². The predicted molar refractivity (Wildman–Crippen MR) is 95.3 cm³/mol. The fourth-order valence-electron chi connectivity index (χ4n) is 2.30. The van der Waals surface area contributed by atoms with Gasteiger partial charge >= 0.3 is 4.87 Å². The van der Waals surface area contributed by atoms with E-state index in [0.29, 0.717) is 22.7 Å². The Bertz CT molecular complexity index is 885. The van der Waals surface area contributed by atoms with Crippen molar-refractivity contribution in [3.63, 3.8) is 0 Å². The Labute approximate surface area is 148 Å². The van der Waals surface area contributed by atoms with Crippen molar-refractivity contribution in [2.24, 2.45) is 0 Å². The molecule has 0 bridgehead atoms. The Morgan fingerprint density at radius 1 is 1.24 bits per heavy atom. The lowest BCUT2D eigenvalue weighted by Crippen LogP contribution is -2.11. The topological polar surface area (TPSA) is 95.4 Å². The molecule has 1 atom stereocenters. The third-order valence-corrected chi connectivity index (χ3v) is 4.54. The van der Waals surface area contributed by atoms with Gasteiger partial charge in [-0.25, -0.2) is 0 Å². The van der Waals surface area contributed by atoms with E-state index >= 15 is 0 Å². The maximum absolute atomic E-state index is 11.2. The molecule has 0 aliphatic carbocycles. The molecule has 0 amide bonds. The minimum atomic E-state index is -0.797. The third-order valence-electron chi connectivity index (χ3n) is 3.67. The maximum atomic E-state index is 11.2. The first kappa shape index (κ1) is 17.2. The average Bonchev–Trinajstić information content (AvgIpc) is 2.92. The number of aryl methyl sites for hydroxylation is 1. The molecule has 3 rings (SSSR count). The molecule has 0 radical (unpaired) electrons. The van der Waals surface area contributed by atoms with Gasteiger partial charge in [0.1, 0.15) is 18.5 Å². The molecule has 0 saturated heterocycles. The number of aliphatic hydroxyl groups excluding tert-OH is 1. The van der Waals surface area contributed by atoms with Crippen LogP contribution in [0, 0.1) is 6.92 Å². The summed E-state index contributed by atoms with van der Waals surface area (Å²) in [6, 6.07) is 11.0. The predicted octanol–water partition coefficient (Wildman–Crippen LogP) is 2.55. The number of benzene rings is 1. The number of rotatable bonds is 6. The van der Waals surface area contributed by atoms with Crippen LogP contribution < -0.4 is 9.61 Å². The molecule has 1 unspecified atom stereocenters. The smallest absolute Gasteiger partial charge is 0.307 e. The van der Waals surface area contributed by atoms with Crippen LogP contribution in [0.5, 0.6) is 11.6 Å². The summed E-state index contributed by atoms with van der Waals surface area (Å²) in [5.74, 6) is 0.547. The molecule has 0 aliphatic rings. The zero-order valence-electron chi connectivity index (χ0n) is 13.6. The second kappa shape index (κ2) is 7.50. The van der Waals surface area contributed by atoms with Crippen LogP contribution in [0.4, 0.5) is 0 Å². The quantitative estimate of drug-likeness (QED) is 0.629. The van der Waals surface area contributed by atoms with Gasteiger partial charge in [0, 0.05) is 12.6 Å². The van der Waals surface area contributed by atoms with E-state index in [9.17, 15) is 15.0 Å². The molecule has 6 nitrogen and oxygen atoms in total. The zero-order valence-corrected chi connectivity index (χ0v) is 14.4. The highest BCUT2D eigenvalue weighted by Crippen LogP contribution is 2.22. The fraction of sp³-hybridized carbons (Fsp3) is 0.222. The second-order valence-electron chi connectivity index (χ2n) is 5.69. The van der Waals surface area contributed by atoms with Gasteiger partial charge in [0.2, 0.25) is 5.88 Å². The molecule has 130 valence electrons. The molecule has 1 aromatic carbocycles. The van der Waals surface area contributed by atoms with Crippen LogP contribution in [0.2, 0.25) is 0 Å². The average molecular weight is 358 g/mol. The lowest BCUT2D eigenvalue weighted by atomic mass is 10.1. The summed E-state index contributed by atoms with van der Waals surface area (Å²) in [6.45, 7) is 2.04. The highest BCUT2D eigenvalue weighted by Gasteiger charge is 2.11. The maximum Gasteiger partial charge on any atom is 0.307 e. The van der Waals surface area contributed by atoms with Crippen molar-refractivity contribution < 1.29 is 14.9 Å². The summed E-state index contributed by atoms with van der Waals surface area (Å²) in [6.07, 6.45) is 1.37. The van der Waals surface area contributed by atoms with Crippen molar-refractivity contribution in [3.8, 4) is 11.6 Å². The molecule has 7 heteroatoms. The van der Waals surface area contributed by atoms with E-state index in [2.05, 4.69) is 9.97 Å². The van der Waals surface area contributed by atoms with Gasteiger partial charge in [-0.15, -0.1) is 0 Å². The summed E-state index contributed by atoms with van der Waals surface area (Å²) in [7, 11) is 0. The van der Waals surface area contributed by atoms with Crippen LogP contribution in [-0.4, -0.2) is 26.8 Å². The number of hydrogen-bond acceptors (Lipinski definition) is 6. The standard InChI is InChI=1S/C18H18N2O4S/c1-11-2-7-14(19-9-11)15(21)10-24-13-5-3-12(4-6-13)8-16-17(22)20-18(23)25-16/h2-7,9,15,21-22H,8,10H2,1H3,(H,20,23). The summed E-state index contributed by atoms with van der Waals surface area (Å²) in [5, 5.41) is 19.7. The second-order valence-corrected chi connectivity index (χ2v) is 6.76. The largest absolute Gasteiger partial charge is 0.494 e. The SMILES string of the molecule is Cc1ccc(C(O)COc2ccc(Cc3sc(=O)[nH]c3O)cc2)nc1. The number of pyridine rings is 1. The van der Waals surface area contributed by atoms with Gasteiger partial charge in [0.25, 0.3) is 0 Å². The van der Waals surface area contributed by atoms with E-state index in [-0.39, 0.29) is 17.4 Å². The number of nitrogens with one attached hydrogen (secondary N) is 1. The molecular formula is C18H18N2O4S. The molecule has 2 heterocycles. The highest BCUT2D eigenvalue weighted by molar-refractivity contribution is 7.09. The Hall–Kier alpha value is -2.64. The first-order valence-corrected chi connectivity index (χ1v) is 8.56. The first-order valence-electron chi connectivity index (χ1n) is 7.74. The van der Waals surface area contributed by atoms with E-state index in [1.807, 2.05) is 25.1 Å². The monoisotopic (exact) mass is 358 g/mol. The van der Waals surface area contributed by atoms with Gasteiger partial charge in [-0.2, -0.15) is 0 Å². The van der Waals surface area contributed by atoms with Gasteiger partial charge in [0.15, 0.2) is 0 Å². The molecule has 25 heavy (non-hydrogen) atoms. The van der Waals surface area contributed by atoms with Gasteiger partial charge in [-0.3, -0.25) is 14.8 Å². The normalized spacial score (nSPS) is 12.1. The van der Waals surface area contributed by atoms with Gasteiger partial charge < -0.3 is 14.9 Å². The molecule has 0 saturated carbocycles. The van der Waals surface area contributed by atoms with Crippen molar-refractivity contribution in [1.29, 1.82) is 0 Å². The Morgan fingerprint density at radius 2 is 2.00 bits per heavy atom.